The van der Waals surface area contributed by atoms with Crippen LogP contribution in [0.1, 0.15) is 21.0 Å². The molecule has 2 N–H and O–H groups in total. The molecule has 0 saturated heterocycles. The van der Waals surface area contributed by atoms with Crippen LogP contribution in [-0.2, 0) is 0 Å². The number of imidazole rings is 2. The van der Waals surface area contributed by atoms with E-state index in [1.807, 2.05) is 0 Å². The van der Waals surface area contributed by atoms with Crippen LogP contribution in [0, 0.1) is 0 Å². The van der Waals surface area contributed by atoms with Crippen molar-refractivity contribution in [3.63, 3.8) is 0 Å². The normalized spacial score (nSPS) is 11.2. The third-order valence-corrected chi connectivity index (χ3v) is 6.64. The molecule has 36 heavy (non-hydrogen) atoms. The quantitative estimate of drug-likeness (QED) is 0.336. The molecule has 0 aliphatic carbocycles. The minimum absolute atomic E-state index is 0.210. The van der Waals surface area contributed by atoms with Crippen molar-refractivity contribution in [2.75, 3.05) is 10.6 Å². The summed E-state index contributed by atoms with van der Waals surface area (Å²) >= 11 is 23.7. The number of anilines is 2. The van der Waals surface area contributed by atoms with Crippen molar-refractivity contribution < 1.29 is 9.59 Å². The first kappa shape index (κ1) is 24.0. The smallest absolute Gasteiger partial charge is 0.283 e. The highest BCUT2D eigenvalue weighted by Gasteiger charge is 2.25. The summed E-state index contributed by atoms with van der Waals surface area (Å²) in [4.78, 5) is 60.0. The van der Waals surface area contributed by atoms with Crippen LogP contribution in [0.25, 0.3) is 11.0 Å². The maximum Gasteiger partial charge on any atom is 0.283 e. The predicted molar refractivity (Wildman–Crippen MR) is 136 cm³/mol. The molecule has 10 nitrogen and oxygen atoms in total. The van der Waals surface area contributed by atoms with Crippen molar-refractivity contribution in [2.24, 2.45) is 0 Å². The Labute approximate surface area is 220 Å². The Morgan fingerprint density at radius 1 is 0.639 bits per heavy atom. The molecule has 2 aromatic carbocycles. The molecule has 0 atom stereocenters. The van der Waals surface area contributed by atoms with E-state index in [4.69, 9.17) is 46.4 Å². The van der Waals surface area contributed by atoms with Crippen LogP contribution in [0.4, 0.5) is 11.4 Å². The Morgan fingerprint density at radius 2 is 1.03 bits per heavy atom. The fourth-order valence-electron chi connectivity index (χ4n) is 3.50. The summed E-state index contributed by atoms with van der Waals surface area (Å²) < 4.78 is 1.78. The third-order valence-electron chi connectivity index (χ3n) is 5.16. The van der Waals surface area contributed by atoms with Crippen molar-refractivity contribution in [2.45, 2.75) is 0 Å². The first-order valence-electron chi connectivity index (χ1n) is 9.92. The molecule has 0 aliphatic rings. The van der Waals surface area contributed by atoms with Gasteiger partial charge in [0, 0.05) is 11.4 Å². The first-order chi connectivity index (χ1) is 17.2. The maximum atomic E-state index is 13.2. The first-order valence-corrected chi connectivity index (χ1v) is 11.4. The standard InChI is InChI=1S/C22H10Cl4N6O4/c23-11-3-1-9(5-13(11)25)29-19(33)15-17-21(35)32-8-28-16(18(32)22(36)31(17)7-27-15)20(34)30-10-2-4-12(24)14(26)6-10/h1-8H,(H,29,33)(H,30,34). The highest BCUT2D eigenvalue weighted by Crippen LogP contribution is 2.26. The van der Waals surface area contributed by atoms with Crippen LogP contribution < -0.4 is 21.8 Å². The summed E-state index contributed by atoms with van der Waals surface area (Å²) in [6, 6.07) is 8.83. The zero-order chi connectivity index (χ0) is 25.7. The zero-order valence-corrected chi connectivity index (χ0v) is 20.6. The summed E-state index contributed by atoms with van der Waals surface area (Å²) in [5.41, 5.74) is -2.14. The Hall–Kier alpha value is -3.70. The fourth-order valence-corrected chi connectivity index (χ4v) is 4.10. The van der Waals surface area contributed by atoms with Crippen LogP contribution in [0.15, 0.2) is 58.6 Å². The number of hydrogen-bond acceptors (Lipinski definition) is 6. The highest BCUT2D eigenvalue weighted by molar-refractivity contribution is 6.42. The maximum absolute atomic E-state index is 13.2. The van der Waals surface area contributed by atoms with Gasteiger partial charge in [0.2, 0.25) is 0 Å². The minimum atomic E-state index is -0.775. The molecule has 3 aromatic heterocycles. The number of nitrogens with one attached hydrogen (secondary N) is 2. The molecular formula is C22H10Cl4N6O4. The van der Waals surface area contributed by atoms with E-state index >= 15 is 0 Å². The highest BCUT2D eigenvalue weighted by atomic mass is 35.5. The molecule has 3 heterocycles. The van der Waals surface area contributed by atoms with Gasteiger partial charge in [-0.1, -0.05) is 46.4 Å². The van der Waals surface area contributed by atoms with Crippen LogP contribution in [-0.4, -0.2) is 30.6 Å². The van der Waals surface area contributed by atoms with Gasteiger partial charge in [-0.05, 0) is 36.4 Å². The van der Waals surface area contributed by atoms with E-state index in [0.29, 0.717) is 21.4 Å². The van der Waals surface area contributed by atoms with Crippen molar-refractivity contribution in [3.05, 3.63) is 101 Å². The molecule has 180 valence electrons. The van der Waals surface area contributed by atoms with Crippen LogP contribution >= 0.6 is 46.4 Å². The lowest BCUT2D eigenvalue weighted by Gasteiger charge is -2.06. The molecule has 0 bridgehead atoms. The van der Waals surface area contributed by atoms with E-state index in [2.05, 4.69) is 20.6 Å². The molecule has 0 spiro atoms. The summed E-state index contributed by atoms with van der Waals surface area (Å²) in [6.45, 7) is 0. The lowest BCUT2D eigenvalue weighted by molar-refractivity contribution is 0.101. The van der Waals surface area contributed by atoms with Crippen molar-refractivity contribution >= 4 is 80.6 Å². The number of amides is 2. The Balaban J connectivity index is 1.55. The number of halogens is 4. The van der Waals surface area contributed by atoms with Crippen molar-refractivity contribution in [1.29, 1.82) is 0 Å². The molecule has 14 heteroatoms. The molecule has 0 unspecified atom stereocenters. The number of benzene rings is 2. The summed E-state index contributed by atoms with van der Waals surface area (Å²) in [7, 11) is 0. The minimum Gasteiger partial charge on any atom is -0.321 e. The van der Waals surface area contributed by atoms with Gasteiger partial charge in [0.05, 0.1) is 20.1 Å². The van der Waals surface area contributed by atoms with Crippen LogP contribution in [0.2, 0.25) is 20.1 Å². The SMILES string of the molecule is O=C(Nc1ccc(Cl)c(Cl)c1)c1ncn2c(=O)c3c(C(=O)Nc4ccc(Cl)c(Cl)c4)ncn3c(=O)c12. The molecule has 0 aliphatic heterocycles. The number of fused-ring (bicyclic) bond motifs is 2. The largest absolute Gasteiger partial charge is 0.321 e. The molecular weight excluding hydrogens is 554 g/mol. The van der Waals surface area contributed by atoms with E-state index < -0.39 is 22.9 Å². The number of carbonyl (C=O) groups excluding carboxylic acids is 2. The van der Waals surface area contributed by atoms with E-state index in [1.54, 1.807) is 0 Å². The lowest BCUT2D eigenvalue weighted by Crippen LogP contribution is -2.28. The second-order valence-electron chi connectivity index (χ2n) is 7.40. The van der Waals surface area contributed by atoms with Crippen molar-refractivity contribution in [1.82, 2.24) is 18.8 Å². The Kier molecular flexibility index (Phi) is 6.05. The number of nitrogens with zero attached hydrogens (tertiary/aromatic N) is 4. The summed E-state index contributed by atoms with van der Waals surface area (Å²) in [6.07, 6.45) is 2.05. The predicted octanol–water partition coefficient (Wildman–Crippen LogP) is 4.26. The number of aromatic nitrogens is 4. The number of rotatable bonds is 4. The van der Waals surface area contributed by atoms with Gasteiger partial charge in [-0.3, -0.25) is 28.0 Å². The van der Waals surface area contributed by atoms with Gasteiger partial charge in [-0.25, -0.2) is 9.97 Å². The van der Waals surface area contributed by atoms with E-state index in [1.165, 1.54) is 36.4 Å². The zero-order valence-electron chi connectivity index (χ0n) is 17.6. The summed E-state index contributed by atoms with van der Waals surface area (Å²) in [5, 5.41) is 6.11. The molecule has 5 rings (SSSR count). The van der Waals surface area contributed by atoms with E-state index in [-0.39, 0.29) is 32.5 Å². The third kappa shape index (κ3) is 4.03. The van der Waals surface area contributed by atoms with Gasteiger partial charge in [0.15, 0.2) is 11.4 Å². The van der Waals surface area contributed by atoms with Gasteiger partial charge in [-0.2, -0.15) is 0 Å². The van der Waals surface area contributed by atoms with Crippen LogP contribution in [0.5, 0.6) is 0 Å². The second-order valence-corrected chi connectivity index (χ2v) is 9.03. The Morgan fingerprint density at radius 3 is 1.39 bits per heavy atom. The average Bonchev–Trinajstić information content (AvgIpc) is 3.48. The number of carbonyl (C=O) groups is 2. The van der Waals surface area contributed by atoms with E-state index in [0.717, 1.165) is 21.5 Å². The van der Waals surface area contributed by atoms with Crippen molar-refractivity contribution in [3.8, 4) is 0 Å². The molecule has 5 aromatic rings. The molecule has 0 fully saturated rings. The van der Waals surface area contributed by atoms with Gasteiger partial charge in [0.1, 0.15) is 23.7 Å². The summed E-state index contributed by atoms with van der Waals surface area (Å²) in [5.74, 6) is -1.52. The topological polar surface area (TPSA) is 127 Å². The Bertz CT molecular complexity index is 1700. The van der Waals surface area contributed by atoms with Gasteiger partial charge >= 0.3 is 0 Å². The monoisotopic (exact) mass is 562 g/mol. The van der Waals surface area contributed by atoms with Gasteiger partial charge < -0.3 is 10.6 Å². The fraction of sp³-hybridized carbons (Fsp3) is 0. The van der Waals surface area contributed by atoms with Gasteiger partial charge in [-0.15, -0.1) is 0 Å². The molecule has 0 saturated carbocycles. The lowest BCUT2D eigenvalue weighted by atomic mass is 10.2. The average molecular weight is 564 g/mol. The van der Waals surface area contributed by atoms with E-state index in [9.17, 15) is 19.2 Å². The molecule has 2 amide bonds. The second kappa shape index (κ2) is 9.07. The number of hydrogen-bond donors (Lipinski definition) is 2. The molecule has 0 radical (unpaired) electrons. The van der Waals surface area contributed by atoms with Crippen LogP contribution in [0.3, 0.4) is 0 Å². The van der Waals surface area contributed by atoms with Gasteiger partial charge in [0.25, 0.3) is 22.9 Å².